The van der Waals surface area contributed by atoms with E-state index in [0.29, 0.717) is 0 Å². The van der Waals surface area contributed by atoms with Gasteiger partial charge in [-0.15, -0.1) is 0 Å². The number of benzene rings is 13. The molecule has 0 saturated carbocycles. The van der Waals surface area contributed by atoms with Gasteiger partial charge in [0.15, 0.2) is 0 Å². The number of hydrogen-bond acceptors (Lipinski definition) is 3. The van der Waals surface area contributed by atoms with Crippen LogP contribution in [0.3, 0.4) is 0 Å². The lowest BCUT2D eigenvalue weighted by atomic mass is 9.26. The van der Waals surface area contributed by atoms with Gasteiger partial charge in [0.1, 0.15) is 0 Å². The summed E-state index contributed by atoms with van der Waals surface area (Å²) in [7, 11) is 0. The molecule has 6 aliphatic heterocycles. The van der Waals surface area contributed by atoms with Crippen molar-refractivity contribution in [2.24, 2.45) is 0 Å². The molecule has 0 bridgehead atoms. The molecule has 0 saturated heterocycles. The second-order valence-corrected chi connectivity index (χ2v) is 24.6. The molecule has 6 nitrogen and oxygen atoms in total. The molecule has 9 heterocycles. The molecular weight excluding hydrogens is 1050 g/mol. The zero-order valence-electron chi connectivity index (χ0n) is 46.9. The minimum Gasteiger partial charge on any atom is -0.312 e. The summed E-state index contributed by atoms with van der Waals surface area (Å²) >= 11 is 0. The van der Waals surface area contributed by atoms with E-state index in [2.05, 4.69) is 301 Å². The fourth-order valence-electron chi connectivity index (χ4n) is 17.6. The maximum absolute atomic E-state index is 2.73. The number of hydrogen-bond donors (Lipinski definition) is 0. The SMILES string of the molecule is c1ccc(N2c3ccccc3B3c4cc5c6c7c4N(c4ccccc4B7c4ccccc4N6c4cc(-n6c7ccccc7c7ccccc76)cc6c4B5c4cccc5c7ccccc7n-6c45)c4cc(-n5c6ccccc6c6ccccc65)cc2c43)cc1. The van der Waals surface area contributed by atoms with Crippen molar-refractivity contribution in [2.75, 3.05) is 14.7 Å². The van der Waals surface area contributed by atoms with Crippen LogP contribution >= 0.6 is 0 Å². The quantitative estimate of drug-likeness (QED) is 0.165. The van der Waals surface area contributed by atoms with Crippen LogP contribution in [-0.2, 0) is 0 Å². The predicted octanol–water partition coefficient (Wildman–Crippen LogP) is 12.8. The molecular formula is C78H45B3N6. The van der Waals surface area contributed by atoms with Crippen LogP contribution in [0.15, 0.2) is 273 Å². The van der Waals surface area contributed by atoms with E-state index >= 15 is 0 Å². The Kier molecular flexibility index (Phi) is 8.32. The van der Waals surface area contributed by atoms with Crippen molar-refractivity contribution < 1.29 is 0 Å². The first-order chi connectivity index (χ1) is 43.2. The molecule has 6 aliphatic rings. The van der Waals surface area contributed by atoms with Crippen molar-refractivity contribution in [3.63, 3.8) is 0 Å². The van der Waals surface area contributed by atoms with Crippen LogP contribution in [0, 0.1) is 0 Å². The Hall–Kier alpha value is -11.1. The van der Waals surface area contributed by atoms with Crippen molar-refractivity contribution in [2.45, 2.75) is 0 Å². The predicted molar refractivity (Wildman–Crippen MR) is 367 cm³/mol. The molecule has 0 spiro atoms. The summed E-state index contributed by atoms with van der Waals surface area (Å²) < 4.78 is 7.68. The van der Waals surface area contributed by atoms with E-state index in [1.54, 1.807) is 0 Å². The summed E-state index contributed by atoms with van der Waals surface area (Å²) in [5.74, 6) is 0. The van der Waals surface area contributed by atoms with E-state index in [9.17, 15) is 0 Å². The molecule has 3 aromatic heterocycles. The van der Waals surface area contributed by atoms with Crippen LogP contribution in [-0.4, -0.2) is 33.8 Å². The number of rotatable bonds is 3. The highest BCUT2D eigenvalue weighted by atomic mass is 15.2. The Balaban J connectivity index is 0.917. The first-order valence-corrected chi connectivity index (χ1v) is 30.5. The number of aromatic nitrogens is 3. The van der Waals surface area contributed by atoms with E-state index in [-0.39, 0.29) is 20.1 Å². The molecule has 87 heavy (non-hydrogen) atoms. The van der Waals surface area contributed by atoms with Gasteiger partial charge >= 0.3 is 0 Å². The lowest BCUT2D eigenvalue weighted by Gasteiger charge is -2.52. The van der Waals surface area contributed by atoms with Crippen molar-refractivity contribution in [3.8, 4) is 17.1 Å². The van der Waals surface area contributed by atoms with Crippen LogP contribution in [0.2, 0.25) is 0 Å². The van der Waals surface area contributed by atoms with Gasteiger partial charge < -0.3 is 28.4 Å². The zero-order chi connectivity index (χ0) is 56.1. The van der Waals surface area contributed by atoms with Gasteiger partial charge in [0.25, 0.3) is 20.1 Å². The summed E-state index contributed by atoms with van der Waals surface area (Å²) in [5, 5.41) is 7.56. The smallest absolute Gasteiger partial charge is 0.252 e. The number of anilines is 9. The topological polar surface area (TPSA) is 24.5 Å². The van der Waals surface area contributed by atoms with Gasteiger partial charge in [-0.3, -0.25) is 0 Å². The van der Waals surface area contributed by atoms with Gasteiger partial charge in [-0.1, -0.05) is 188 Å². The highest BCUT2D eigenvalue weighted by Gasteiger charge is 2.55. The fourth-order valence-corrected chi connectivity index (χ4v) is 17.6. The molecule has 22 rings (SSSR count). The second-order valence-electron chi connectivity index (χ2n) is 24.6. The largest absolute Gasteiger partial charge is 0.312 e. The maximum atomic E-state index is 2.73. The van der Waals surface area contributed by atoms with E-state index in [4.69, 9.17) is 0 Å². The third-order valence-electron chi connectivity index (χ3n) is 20.7. The minimum atomic E-state index is -0.105. The maximum Gasteiger partial charge on any atom is 0.252 e. The third kappa shape index (κ3) is 5.42. The highest BCUT2D eigenvalue weighted by molar-refractivity contribution is 7.07. The molecule has 396 valence electrons. The number of fused-ring (bicyclic) bond motifs is 23. The Morgan fingerprint density at radius 2 is 0.552 bits per heavy atom. The van der Waals surface area contributed by atoms with Crippen LogP contribution in [0.4, 0.5) is 51.2 Å². The van der Waals surface area contributed by atoms with Crippen molar-refractivity contribution in [3.05, 3.63) is 273 Å². The monoisotopic (exact) mass is 1100 g/mol. The van der Waals surface area contributed by atoms with Gasteiger partial charge in [0.2, 0.25) is 0 Å². The Bertz CT molecular complexity index is 5750. The molecule has 0 radical (unpaired) electrons. The molecule has 13 aromatic carbocycles. The van der Waals surface area contributed by atoms with Crippen molar-refractivity contribution >= 4 is 186 Å². The van der Waals surface area contributed by atoms with E-state index < -0.39 is 0 Å². The van der Waals surface area contributed by atoms with Crippen molar-refractivity contribution in [1.29, 1.82) is 0 Å². The fraction of sp³-hybridized carbons (Fsp3) is 0. The summed E-state index contributed by atoms with van der Waals surface area (Å²) in [5.41, 5.74) is 33.9. The normalized spacial score (nSPS) is 14.1. The number of nitrogens with zero attached hydrogens (tertiary/aromatic N) is 6. The molecule has 9 heteroatoms. The van der Waals surface area contributed by atoms with Gasteiger partial charge in [-0.05, 0) is 134 Å². The minimum absolute atomic E-state index is 0.0536. The third-order valence-corrected chi connectivity index (χ3v) is 20.7. The zero-order valence-corrected chi connectivity index (χ0v) is 46.9. The highest BCUT2D eigenvalue weighted by Crippen LogP contribution is 2.51. The number of para-hydroxylation sites is 10. The van der Waals surface area contributed by atoms with E-state index in [0.717, 1.165) is 17.1 Å². The van der Waals surface area contributed by atoms with Gasteiger partial charge in [-0.25, -0.2) is 0 Å². The lowest BCUT2D eigenvalue weighted by molar-refractivity contribution is 1.13. The molecule has 0 atom stereocenters. The van der Waals surface area contributed by atoms with Crippen LogP contribution in [0.1, 0.15) is 0 Å². The first kappa shape index (κ1) is 45.3. The van der Waals surface area contributed by atoms with Gasteiger partial charge in [0, 0.05) is 94.7 Å². The molecule has 0 fully saturated rings. The summed E-state index contributed by atoms with van der Waals surface area (Å²) in [6, 6.07) is 104. The summed E-state index contributed by atoms with van der Waals surface area (Å²) in [4.78, 5) is 8.01. The van der Waals surface area contributed by atoms with Crippen LogP contribution in [0.5, 0.6) is 0 Å². The summed E-state index contributed by atoms with van der Waals surface area (Å²) in [6.45, 7) is -0.250. The van der Waals surface area contributed by atoms with E-state index in [1.165, 1.54) is 166 Å². The molecule has 16 aromatic rings. The average molecular weight is 1100 g/mol. The van der Waals surface area contributed by atoms with Crippen LogP contribution in [0.25, 0.3) is 82.5 Å². The van der Waals surface area contributed by atoms with Crippen LogP contribution < -0.4 is 63.9 Å². The lowest BCUT2D eigenvalue weighted by Crippen LogP contribution is -2.72. The standard InChI is InChI=1S/C78H45B3N6/c1-2-21-46(22-3-1)82-66-38-17-9-29-55(66)80-59-45-60-78-75-77(59)86(71-43-47(41-69(82)73(71)80)83-61-33-12-4-23-49(61)50-24-5-13-34-62(50)83)67-39-18-10-30-56(67)79(75)57-31-11-19-40-68(57)87(78)72-44-48(84-63-35-14-6-25-51(63)52-26-7-15-36-64(52)84)42-70-74(72)81(60)58-32-20-28-54-53-27-8-16-37-65(53)85(70)76(54)58/h1-45H. The van der Waals surface area contributed by atoms with Gasteiger partial charge in [-0.2, -0.15) is 0 Å². The van der Waals surface area contributed by atoms with Crippen molar-refractivity contribution in [1.82, 2.24) is 13.7 Å². The first-order valence-electron chi connectivity index (χ1n) is 30.5. The molecule has 0 aliphatic carbocycles. The molecule has 0 amide bonds. The molecule has 0 unspecified atom stereocenters. The molecule has 0 N–H and O–H groups in total. The Morgan fingerprint density at radius 3 is 1.06 bits per heavy atom. The van der Waals surface area contributed by atoms with E-state index in [1.807, 2.05) is 0 Å². The second kappa shape index (κ2) is 16.0. The average Bonchev–Trinajstić information content (AvgIpc) is 1.19. The Morgan fingerprint density at radius 1 is 0.207 bits per heavy atom. The Labute approximate surface area is 501 Å². The van der Waals surface area contributed by atoms with Gasteiger partial charge in [0.05, 0.1) is 39.0 Å². The summed E-state index contributed by atoms with van der Waals surface area (Å²) in [6.07, 6.45) is 0.